The summed E-state index contributed by atoms with van der Waals surface area (Å²) in [6.45, 7) is 15.2. The Morgan fingerprint density at radius 1 is 0.952 bits per heavy atom. The summed E-state index contributed by atoms with van der Waals surface area (Å²) in [6, 6.07) is 8.21. The maximum Gasteiger partial charge on any atom is 0.249 e. The van der Waals surface area contributed by atoms with Crippen molar-refractivity contribution < 1.29 is 24.2 Å². The highest BCUT2D eigenvalue weighted by Crippen LogP contribution is 2.59. The van der Waals surface area contributed by atoms with Crippen LogP contribution in [-0.4, -0.2) is 86.0 Å². The number of carbonyl (C=O) groups excluding carboxylic acids is 3. The number of benzene rings is 1. The number of ether oxygens (including phenoxy) is 1. The summed E-state index contributed by atoms with van der Waals surface area (Å²) in [5, 5.41) is 10.3. The maximum absolute atomic E-state index is 14.7. The number of likely N-dealkylation sites (tertiary alicyclic amines) is 1. The number of hydrogen-bond acceptors (Lipinski definition) is 5. The fraction of sp³-hybridized carbons (Fsp3) is 0.618. The van der Waals surface area contributed by atoms with E-state index in [1.807, 2.05) is 66.5 Å². The predicted octanol–water partition coefficient (Wildman–Crippen LogP) is 3.94. The Bertz CT molecular complexity index is 1280. The molecular formula is C34H47N3O5. The van der Waals surface area contributed by atoms with E-state index in [4.69, 9.17) is 4.74 Å². The lowest BCUT2D eigenvalue weighted by molar-refractivity contribution is -0.160. The summed E-state index contributed by atoms with van der Waals surface area (Å²) in [6.07, 6.45) is 9.00. The lowest BCUT2D eigenvalue weighted by atomic mass is 9.72. The summed E-state index contributed by atoms with van der Waals surface area (Å²) in [5.41, 5.74) is -1.90. The molecule has 5 rings (SSSR count). The molecule has 2 saturated heterocycles. The number of rotatable bonds is 7. The molecule has 8 heteroatoms. The van der Waals surface area contributed by atoms with Gasteiger partial charge in [0, 0.05) is 25.2 Å². The van der Waals surface area contributed by atoms with Crippen LogP contribution in [0.15, 0.2) is 54.6 Å². The van der Waals surface area contributed by atoms with Crippen LogP contribution in [0.3, 0.4) is 0 Å². The van der Waals surface area contributed by atoms with E-state index in [9.17, 15) is 19.5 Å². The lowest BCUT2D eigenvalue weighted by Gasteiger charge is -2.45. The van der Waals surface area contributed by atoms with Crippen molar-refractivity contribution in [3.8, 4) is 0 Å². The van der Waals surface area contributed by atoms with Gasteiger partial charge >= 0.3 is 0 Å². The molecule has 1 unspecified atom stereocenters. The van der Waals surface area contributed by atoms with Crippen molar-refractivity contribution in [2.75, 3.05) is 19.7 Å². The van der Waals surface area contributed by atoms with E-state index in [0.29, 0.717) is 26.1 Å². The van der Waals surface area contributed by atoms with E-state index >= 15 is 0 Å². The molecule has 0 bridgehead atoms. The monoisotopic (exact) mass is 577 g/mol. The molecule has 2 fully saturated rings. The first-order valence-electron chi connectivity index (χ1n) is 15.3. The van der Waals surface area contributed by atoms with Crippen molar-refractivity contribution in [1.29, 1.82) is 0 Å². The highest BCUT2D eigenvalue weighted by Gasteiger charge is 2.76. The zero-order valence-corrected chi connectivity index (χ0v) is 26.2. The fourth-order valence-corrected chi connectivity index (χ4v) is 8.20. The Morgan fingerprint density at radius 2 is 1.62 bits per heavy atom. The Balaban J connectivity index is 1.62. The van der Waals surface area contributed by atoms with Gasteiger partial charge in [-0.05, 0) is 44.6 Å². The zero-order valence-electron chi connectivity index (χ0n) is 26.2. The SMILES string of the molecule is CC[C@]12C=CCN(Cc3ccccc3)C(=O)[C@H]1[C@H]1C(=O)N([C@H](C)CO)C3C(=O)N(C(C)(C)CC(C)(C)C)CC=C[C@@]31O2. The highest BCUT2D eigenvalue weighted by molar-refractivity contribution is 6.00. The van der Waals surface area contributed by atoms with Gasteiger partial charge in [0.2, 0.25) is 17.7 Å². The van der Waals surface area contributed by atoms with Gasteiger partial charge in [-0.2, -0.15) is 0 Å². The second-order valence-corrected chi connectivity index (χ2v) is 14.4. The third-order valence-electron chi connectivity index (χ3n) is 9.61. The Morgan fingerprint density at radius 3 is 2.24 bits per heavy atom. The topological polar surface area (TPSA) is 90.4 Å². The highest BCUT2D eigenvalue weighted by atomic mass is 16.5. The Kier molecular flexibility index (Phi) is 7.72. The van der Waals surface area contributed by atoms with Crippen LogP contribution in [0.25, 0.3) is 0 Å². The van der Waals surface area contributed by atoms with E-state index in [1.165, 1.54) is 4.90 Å². The van der Waals surface area contributed by atoms with Gasteiger partial charge in [0.05, 0.1) is 30.1 Å². The molecule has 42 heavy (non-hydrogen) atoms. The summed E-state index contributed by atoms with van der Waals surface area (Å²) in [5.74, 6) is -2.35. The van der Waals surface area contributed by atoms with Crippen LogP contribution in [0, 0.1) is 17.3 Å². The molecule has 1 N–H and O–H groups in total. The summed E-state index contributed by atoms with van der Waals surface area (Å²) < 4.78 is 7.06. The van der Waals surface area contributed by atoms with Crippen molar-refractivity contribution in [3.05, 3.63) is 60.2 Å². The molecule has 4 heterocycles. The van der Waals surface area contributed by atoms with Gasteiger partial charge in [-0.3, -0.25) is 14.4 Å². The van der Waals surface area contributed by atoms with Crippen molar-refractivity contribution in [2.45, 2.75) is 96.7 Å². The van der Waals surface area contributed by atoms with E-state index in [-0.39, 0.29) is 29.7 Å². The number of carbonyl (C=O) groups is 3. The van der Waals surface area contributed by atoms with Crippen LogP contribution in [0.4, 0.5) is 0 Å². The molecule has 0 aliphatic carbocycles. The minimum Gasteiger partial charge on any atom is -0.394 e. The average Bonchev–Trinajstić information content (AvgIpc) is 3.22. The van der Waals surface area contributed by atoms with Gasteiger partial charge in [-0.15, -0.1) is 0 Å². The Labute approximate surface area is 250 Å². The first kappa shape index (κ1) is 30.5. The molecule has 3 amide bonds. The lowest BCUT2D eigenvalue weighted by Crippen LogP contribution is -2.61. The van der Waals surface area contributed by atoms with Crippen molar-refractivity contribution in [2.24, 2.45) is 17.3 Å². The molecule has 1 spiro atoms. The van der Waals surface area contributed by atoms with Gasteiger partial charge in [0.15, 0.2) is 0 Å². The number of aliphatic hydroxyl groups excluding tert-OH is 1. The van der Waals surface area contributed by atoms with E-state index in [2.05, 4.69) is 34.6 Å². The quantitative estimate of drug-likeness (QED) is 0.496. The second-order valence-electron chi connectivity index (χ2n) is 14.4. The van der Waals surface area contributed by atoms with Crippen molar-refractivity contribution in [3.63, 3.8) is 0 Å². The molecule has 0 aromatic heterocycles. The minimum absolute atomic E-state index is 0.0354. The molecular weight excluding hydrogens is 530 g/mol. The standard InChI is InChI=1S/C34H47N3O5/c1-8-33-16-12-18-35(20-24-14-10-9-11-15-24)28(39)25(33)26-29(40)37(23(2)21-38)27-30(41)36(19-13-17-34(26,27)42-33)32(6,7)22-31(3,4)5/h9-17,23,25-27,38H,8,18-22H2,1-7H3/t23-,25-,26+,27?,33+,34+/m1/s1. The van der Waals surface area contributed by atoms with E-state index in [0.717, 1.165) is 12.0 Å². The normalized spacial score (nSPS) is 32.0. The average molecular weight is 578 g/mol. The molecule has 0 radical (unpaired) electrons. The predicted molar refractivity (Wildman–Crippen MR) is 161 cm³/mol. The van der Waals surface area contributed by atoms with Gasteiger partial charge in [0.25, 0.3) is 0 Å². The molecule has 1 aromatic carbocycles. The third kappa shape index (κ3) is 4.80. The number of fused-ring (bicyclic) bond motifs is 2. The largest absolute Gasteiger partial charge is 0.394 e. The Hall–Kier alpha value is -2.97. The molecule has 228 valence electrons. The van der Waals surface area contributed by atoms with E-state index in [1.54, 1.807) is 11.8 Å². The summed E-state index contributed by atoms with van der Waals surface area (Å²) >= 11 is 0. The molecule has 0 saturated carbocycles. The first-order valence-corrected chi connectivity index (χ1v) is 15.3. The van der Waals surface area contributed by atoms with Crippen LogP contribution in [-0.2, 0) is 25.7 Å². The zero-order chi connectivity index (χ0) is 30.7. The van der Waals surface area contributed by atoms with Crippen LogP contribution < -0.4 is 0 Å². The summed E-state index contributed by atoms with van der Waals surface area (Å²) in [4.78, 5) is 49.0. The molecule has 4 aliphatic heterocycles. The second kappa shape index (κ2) is 10.6. The van der Waals surface area contributed by atoms with Crippen LogP contribution >= 0.6 is 0 Å². The van der Waals surface area contributed by atoms with Gasteiger partial charge in [0.1, 0.15) is 11.6 Å². The van der Waals surface area contributed by atoms with Crippen LogP contribution in [0.5, 0.6) is 0 Å². The smallest absolute Gasteiger partial charge is 0.249 e. The number of hydrogen-bond donors (Lipinski definition) is 1. The van der Waals surface area contributed by atoms with Crippen LogP contribution in [0.1, 0.15) is 66.9 Å². The van der Waals surface area contributed by atoms with Gasteiger partial charge < -0.3 is 24.5 Å². The molecule has 6 atom stereocenters. The number of amides is 3. The number of nitrogens with zero attached hydrogens (tertiary/aromatic N) is 3. The van der Waals surface area contributed by atoms with Gasteiger partial charge in [-0.1, -0.05) is 82.3 Å². The molecule has 8 nitrogen and oxygen atoms in total. The number of aliphatic hydroxyl groups is 1. The van der Waals surface area contributed by atoms with Crippen molar-refractivity contribution in [1.82, 2.24) is 14.7 Å². The fourth-order valence-electron chi connectivity index (χ4n) is 8.20. The van der Waals surface area contributed by atoms with Gasteiger partial charge in [-0.25, -0.2) is 0 Å². The maximum atomic E-state index is 14.7. The molecule has 4 aliphatic rings. The third-order valence-corrected chi connectivity index (χ3v) is 9.61. The van der Waals surface area contributed by atoms with E-state index < -0.39 is 40.7 Å². The van der Waals surface area contributed by atoms with Crippen molar-refractivity contribution >= 4 is 17.7 Å². The summed E-state index contributed by atoms with van der Waals surface area (Å²) in [7, 11) is 0. The van der Waals surface area contributed by atoms with Crippen LogP contribution in [0.2, 0.25) is 0 Å². The first-order chi connectivity index (χ1) is 19.7. The minimum atomic E-state index is -1.33. The molecule has 1 aromatic rings.